The smallest absolute Gasteiger partial charge is 0.317 e. The van der Waals surface area contributed by atoms with Gasteiger partial charge in [0.2, 0.25) is 0 Å². The Bertz CT molecular complexity index is 350. The minimum Gasteiger partial charge on any atom is -0.393 e. The lowest BCUT2D eigenvalue weighted by Crippen LogP contribution is -2.68. The standard InChI is InChI=1S/C12H25N3O4/c1-7-11(19,6-16)5-9(13)12(7,8(2)17)14-10(18)15(3)4/h7-9,16-17,19H,5-6,13H2,1-4H3,(H,14,18)/t7-,8+,9+,11+,12+/m1/s1. The van der Waals surface area contributed by atoms with E-state index in [1.165, 1.54) is 11.8 Å². The van der Waals surface area contributed by atoms with E-state index in [1.54, 1.807) is 21.0 Å². The average Bonchev–Trinajstić information content (AvgIpc) is 2.51. The summed E-state index contributed by atoms with van der Waals surface area (Å²) in [6, 6.07) is -1.05. The summed E-state index contributed by atoms with van der Waals surface area (Å²) in [6.07, 6.45) is -0.842. The topological polar surface area (TPSA) is 119 Å². The number of urea groups is 1. The number of rotatable bonds is 3. The van der Waals surface area contributed by atoms with Gasteiger partial charge in [-0.15, -0.1) is 0 Å². The third kappa shape index (κ3) is 2.43. The van der Waals surface area contributed by atoms with Crippen molar-refractivity contribution in [2.45, 2.75) is 43.6 Å². The second-order valence-electron chi connectivity index (χ2n) is 5.73. The molecule has 5 atom stereocenters. The molecule has 7 nitrogen and oxygen atoms in total. The second kappa shape index (κ2) is 5.24. The zero-order valence-electron chi connectivity index (χ0n) is 11.9. The zero-order valence-corrected chi connectivity index (χ0v) is 11.9. The molecule has 1 fully saturated rings. The molecule has 1 aliphatic rings. The van der Waals surface area contributed by atoms with Crippen LogP contribution < -0.4 is 11.1 Å². The summed E-state index contributed by atoms with van der Waals surface area (Å²) >= 11 is 0. The fraction of sp³-hybridized carbons (Fsp3) is 0.917. The van der Waals surface area contributed by atoms with Gasteiger partial charge in [-0.05, 0) is 13.3 Å². The maximum atomic E-state index is 11.9. The number of hydrogen-bond acceptors (Lipinski definition) is 5. The molecule has 1 rings (SSSR count). The van der Waals surface area contributed by atoms with Crippen LogP contribution in [0, 0.1) is 5.92 Å². The Balaban J connectivity index is 3.16. The van der Waals surface area contributed by atoms with Crippen molar-refractivity contribution in [1.29, 1.82) is 0 Å². The van der Waals surface area contributed by atoms with Gasteiger partial charge in [0, 0.05) is 26.1 Å². The van der Waals surface area contributed by atoms with Crippen LogP contribution in [0.15, 0.2) is 0 Å². The molecule has 0 aromatic rings. The first-order valence-electron chi connectivity index (χ1n) is 6.38. The van der Waals surface area contributed by atoms with E-state index in [9.17, 15) is 20.1 Å². The molecule has 0 heterocycles. The highest BCUT2D eigenvalue weighted by Crippen LogP contribution is 2.44. The zero-order chi connectivity index (χ0) is 15.0. The molecule has 0 aromatic heterocycles. The second-order valence-corrected chi connectivity index (χ2v) is 5.73. The Hall–Kier alpha value is -0.890. The minimum atomic E-state index is -1.41. The number of aliphatic hydroxyl groups excluding tert-OH is 2. The Morgan fingerprint density at radius 1 is 1.58 bits per heavy atom. The Morgan fingerprint density at radius 3 is 2.42 bits per heavy atom. The van der Waals surface area contributed by atoms with Gasteiger partial charge in [-0.3, -0.25) is 0 Å². The number of aliphatic hydroxyl groups is 3. The van der Waals surface area contributed by atoms with Gasteiger partial charge in [0.05, 0.1) is 23.9 Å². The van der Waals surface area contributed by atoms with E-state index in [1.807, 2.05) is 0 Å². The highest BCUT2D eigenvalue weighted by Gasteiger charge is 2.61. The van der Waals surface area contributed by atoms with Crippen molar-refractivity contribution in [2.24, 2.45) is 11.7 Å². The van der Waals surface area contributed by atoms with Gasteiger partial charge in [-0.2, -0.15) is 0 Å². The fourth-order valence-corrected chi connectivity index (χ4v) is 2.97. The number of amides is 2. The van der Waals surface area contributed by atoms with E-state index < -0.39 is 41.8 Å². The van der Waals surface area contributed by atoms with Gasteiger partial charge >= 0.3 is 6.03 Å². The minimum absolute atomic E-state index is 0.114. The molecular formula is C12H25N3O4. The monoisotopic (exact) mass is 275 g/mol. The molecule has 1 saturated carbocycles. The first-order chi connectivity index (χ1) is 8.61. The summed E-state index contributed by atoms with van der Waals surface area (Å²) in [5.74, 6) is -0.580. The van der Waals surface area contributed by atoms with Crippen molar-refractivity contribution in [3.63, 3.8) is 0 Å². The molecule has 0 aliphatic heterocycles. The van der Waals surface area contributed by atoms with E-state index in [0.717, 1.165) is 0 Å². The lowest BCUT2D eigenvalue weighted by molar-refractivity contribution is -0.0661. The number of carbonyl (C=O) groups is 1. The van der Waals surface area contributed by atoms with Crippen molar-refractivity contribution >= 4 is 6.03 Å². The van der Waals surface area contributed by atoms with Crippen LogP contribution in [0.5, 0.6) is 0 Å². The summed E-state index contributed by atoms with van der Waals surface area (Å²) in [5.41, 5.74) is 3.47. The molecular weight excluding hydrogens is 250 g/mol. The summed E-state index contributed by atoms with van der Waals surface area (Å²) in [5, 5.41) is 32.5. The van der Waals surface area contributed by atoms with Crippen LogP contribution in [0.3, 0.4) is 0 Å². The van der Waals surface area contributed by atoms with Crippen LogP contribution in [-0.2, 0) is 0 Å². The Kier molecular flexibility index (Phi) is 4.46. The van der Waals surface area contributed by atoms with Crippen molar-refractivity contribution < 1.29 is 20.1 Å². The lowest BCUT2D eigenvalue weighted by atomic mass is 9.77. The van der Waals surface area contributed by atoms with Crippen molar-refractivity contribution in [2.75, 3.05) is 20.7 Å². The molecule has 0 bridgehead atoms. The molecule has 7 heteroatoms. The summed E-state index contributed by atoms with van der Waals surface area (Å²) in [6.45, 7) is 2.73. The molecule has 112 valence electrons. The molecule has 0 saturated heterocycles. The average molecular weight is 275 g/mol. The maximum Gasteiger partial charge on any atom is 0.317 e. The normalized spacial score (nSPS) is 40.0. The Morgan fingerprint density at radius 2 is 2.11 bits per heavy atom. The summed E-state index contributed by atoms with van der Waals surface area (Å²) < 4.78 is 0. The molecule has 1 aliphatic carbocycles. The third-order valence-electron chi connectivity index (χ3n) is 4.40. The number of carbonyl (C=O) groups excluding carboxylic acids is 1. The van der Waals surface area contributed by atoms with Crippen LogP contribution >= 0.6 is 0 Å². The number of hydrogen-bond donors (Lipinski definition) is 5. The predicted molar refractivity (Wildman–Crippen MR) is 70.4 cm³/mol. The quantitative estimate of drug-likeness (QED) is 0.428. The van der Waals surface area contributed by atoms with E-state index in [-0.39, 0.29) is 6.42 Å². The lowest BCUT2D eigenvalue weighted by Gasteiger charge is -2.43. The number of nitrogens with two attached hydrogens (primary N) is 1. The van der Waals surface area contributed by atoms with Gasteiger partial charge < -0.3 is 31.3 Å². The first kappa shape index (κ1) is 16.2. The van der Waals surface area contributed by atoms with E-state index in [2.05, 4.69) is 5.32 Å². The van der Waals surface area contributed by atoms with Gasteiger partial charge in [0.1, 0.15) is 0 Å². The molecule has 0 unspecified atom stereocenters. The van der Waals surface area contributed by atoms with Gasteiger partial charge in [0.15, 0.2) is 0 Å². The van der Waals surface area contributed by atoms with Crippen LogP contribution in [0.2, 0.25) is 0 Å². The van der Waals surface area contributed by atoms with Crippen LogP contribution in [0.25, 0.3) is 0 Å². The number of nitrogens with one attached hydrogen (secondary N) is 1. The molecule has 6 N–H and O–H groups in total. The maximum absolute atomic E-state index is 11.9. The van der Waals surface area contributed by atoms with Gasteiger partial charge in [-0.25, -0.2) is 4.79 Å². The van der Waals surface area contributed by atoms with E-state index >= 15 is 0 Å². The van der Waals surface area contributed by atoms with Crippen LogP contribution in [-0.4, -0.2) is 70.2 Å². The fourth-order valence-electron chi connectivity index (χ4n) is 2.97. The van der Waals surface area contributed by atoms with Crippen LogP contribution in [0.4, 0.5) is 4.79 Å². The van der Waals surface area contributed by atoms with E-state index in [0.29, 0.717) is 0 Å². The molecule has 2 amide bonds. The molecule has 0 radical (unpaired) electrons. The highest BCUT2D eigenvalue weighted by atomic mass is 16.3. The van der Waals surface area contributed by atoms with Crippen molar-refractivity contribution in [1.82, 2.24) is 10.2 Å². The number of nitrogens with zero attached hydrogens (tertiary/aromatic N) is 1. The van der Waals surface area contributed by atoms with Crippen LogP contribution in [0.1, 0.15) is 20.3 Å². The third-order valence-corrected chi connectivity index (χ3v) is 4.40. The highest BCUT2D eigenvalue weighted by molar-refractivity contribution is 5.75. The SMILES string of the molecule is C[C@H](O)[C@@]1(NC(=O)N(C)C)[C@H](C)[C@@](O)(CO)C[C@@H]1N. The largest absolute Gasteiger partial charge is 0.393 e. The predicted octanol–water partition coefficient (Wildman–Crippen LogP) is -1.53. The first-order valence-corrected chi connectivity index (χ1v) is 6.38. The van der Waals surface area contributed by atoms with Gasteiger partial charge in [0.25, 0.3) is 0 Å². The van der Waals surface area contributed by atoms with Gasteiger partial charge in [-0.1, -0.05) is 6.92 Å². The summed E-state index contributed by atoms with van der Waals surface area (Å²) in [4.78, 5) is 13.2. The molecule has 19 heavy (non-hydrogen) atoms. The van der Waals surface area contributed by atoms with E-state index in [4.69, 9.17) is 5.73 Å². The Labute approximate surface area is 113 Å². The van der Waals surface area contributed by atoms with Crippen molar-refractivity contribution in [3.8, 4) is 0 Å². The molecule has 0 aromatic carbocycles. The van der Waals surface area contributed by atoms with Crippen molar-refractivity contribution in [3.05, 3.63) is 0 Å². The molecule has 0 spiro atoms. The summed E-state index contributed by atoms with van der Waals surface area (Å²) in [7, 11) is 3.16.